The first-order valence-corrected chi connectivity index (χ1v) is 5.30. The molecule has 0 saturated heterocycles. The summed E-state index contributed by atoms with van der Waals surface area (Å²) in [7, 11) is 0. The molecule has 1 heterocycles. The van der Waals surface area contributed by atoms with Crippen molar-refractivity contribution < 1.29 is 13.5 Å². The van der Waals surface area contributed by atoms with E-state index in [1.807, 2.05) is 0 Å². The van der Waals surface area contributed by atoms with Crippen molar-refractivity contribution in [1.29, 1.82) is 0 Å². The molecule has 0 unspecified atom stereocenters. The van der Waals surface area contributed by atoms with Gasteiger partial charge in [0.2, 0.25) is 0 Å². The molecule has 0 aliphatic rings. The molecule has 0 aliphatic heterocycles. The number of ether oxygens (including phenoxy) is 1. The molecular weight excluding hydrogens is 242 g/mol. The van der Waals surface area contributed by atoms with Gasteiger partial charge in [0.1, 0.15) is 5.75 Å². The number of halogens is 2. The van der Waals surface area contributed by atoms with Crippen LogP contribution in [0.1, 0.15) is 6.92 Å². The van der Waals surface area contributed by atoms with E-state index in [1.165, 1.54) is 23.0 Å². The Morgan fingerprint density at radius 2 is 2.11 bits per heavy atom. The lowest BCUT2D eigenvalue weighted by Gasteiger charge is -2.06. The highest BCUT2D eigenvalue weighted by atomic mass is 19.2. The summed E-state index contributed by atoms with van der Waals surface area (Å²) >= 11 is 0. The maximum Gasteiger partial charge on any atom is 0.313 e. The molecule has 0 radical (unpaired) electrons. The van der Waals surface area contributed by atoms with Crippen LogP contribution in [0.5, 0.6) is 11.6 Å². The fourth-order valence-corrected chi connectivity index (χ4v) is 1.40. The van der Waals surface area contributed by atoms with Gasteiger partial charge in [0, 0.05) is 25.0 Å². The number of aromatic nitrogens is 2. The summed E-state index contributed by atoms with van der Waals surface area (Å²) in [5.74, 6) is -2.17. The molecule has 0 amide bonds. The predicted octanol–water partition coefficient (Wildman–Crippen LogP) is 2.33. The first-order chi connectivity index (χ1) is 8.61. The average Bonchev–Trinajstić information content (AvgIpc) is 2.36. The summed E-state index contributed by atoms with van der Waals surface area (Å²) in [4.78, 5) is 15.5. The van der Waals surface area contributed by atoms with Crippen molar-refractivity contribution in [3.8, 4) is 11.6 Å². The molecule has 0 bridgehead atoms. The largest absolute Gasteiger partial charge is 0.435 e. The molecule has 0 fully saturated rings. The summed E-state index contributed by atoms with van der Waals surface area (Å²) in [5.41, 5.74) is -0.426. The van der Waals surface area contributed by atoms with Crippen molar-refractivity contribution in [3.63, 3.8) is 0 Å². The Hall–Kier alpha value is -2.24. The van der Waals surface area contributed by atoms with Crippen molar-refractivity contribution in [1.82, 2.24) is 9.55 Å². The molecule has 0 aliphatic carbocycles. The van der Waals surface area contributed by atoms with Crippen molar-refractivity contribution >= 4 is 0 Å². The van der Waals surface area contributed by atoms with Crippen molar-refractivity contribution in [2.75, 3.05) is 0 Å². The standard InChI is InChI=1S/C12H10F2N2O2/c1-2-16-6-5-15-11(12(16)17)18-8-3-4-9(13)10(14)7-8/h3-7H,2H2,1H3. The minimum absolute atomic E-state index is 0.0207. The predicted molar refractivity (Wildman–Crippen MR) is 60.6 cm³/mol. The van der Waals surface area contributed by atoms with E-state index in [2.05, 4.69) is 4.98 Å². The third-order valence-corrected chi connectivity index (χ3v) is 2.33. The lowest BCUT2D eigenvalue weighted by Crippen LogP contribution is -2.20. The minimum Gasteiger partial charge on any atom is -0.435 e. The van der Waals surface area contributed by atoms with Gasteiger partial charge in [-0.25, -0.2) is 13.8 Å². The van der Waals surface area contributed by atoms with E-state index in [1.54, 1.807) is 6.92 Å². The van der Waals surface area contributed by atoms with Crippen LogP contribution in [0.4, 0.5) is 8.78 Å². The van der Waals surface area contributed by atoms with E-state index in [0.29, 0.717) is 6.54 Å². The van der Waals surface area contributed by atoms with Crippen LogP contribution < -0.4 is 10.3 Å². The van der Waals surface area contributed by atoms with Crippen LogP contribution in [-0.2, 0) is 6.54 Å². The molecule has 6 heteroatoms. The van der Waals surface area contributed by atoms with E-state index in [9.17, 15) is 13.6 Å². The highest BCUT2D eigenvalue weighted by molar-refractivity contribution is 5.27. The van der Waals surface area contributed by atoms with Gasteiger partial charge in [0.25, 0.3) is 5.88 Å². The van der Waals surface area contributed by atoms with Crippen LogP contribution >= 0.6 is 0 Å². The zero-order valence-electron chi connectivity index (χ0n) is 9.56. The van der Waals surface area contributed by atoms with Gasteiger partial charge < -0.3 is 9.30 Å². The Balaban J connectivity index is 2.34. The average molecular weight is 252 g/mol. The van der Waals surface area contributed by atoms with Crippen molar-refractivity contribution in [2.24, 2.45) is 0 Å². The summed E-state index contributed by atoms with van der Waals surface area (Å²) in [5, 5.41) is 0. The van der Waals surface area contributed by atoms with Crippen LogP contribution in [0, 0.1) is 11.6 Å². The number of hydrogen-bond acceptors (Lipinski definition) is 3. The molecule has 0 atom stereocenters. The zero-order valence-corrected chi connectivity index (χ0v) is 9.56. The lowest BCUT2D eigenvalue weighted by atomic mass is 10.3. The molecule has 1 aromatic heterocycles. The Labute approximate surface area is 101 Å². The summed E-state index contributed by atoms with van der Waals surface area (Å²) < 4.78 is 32.2. The molecule has 2 aromatic rings. The molecule has 2 rings (SSSR count). The maximum atomic E-state index is 13.0. The quantitative estimate of drug-likeness (QED) is 0.842. The van der Waals surface area contributed by atoms with E-state index < -0.39 is 17.2 Å². The minimum atomic E-state index is -1.04. The van der Waals surface area contributed by atoms with Crippen molar-refractivity contribution in [3.05, 3.63) is 52.6 Å². The third-order valence-electron chi connectivity index (χ3n) is 2.33. The Kier molecular flexibility index (Phi) is 3.36. The second kappa shape index (κ2) is 4.95. The Morgan fingerprint density at radius 3 is 2.78 bits per heavy atom. The monoisotopic (exact) mass is 252 g/mol. The van der Waals surface area contributed by atoms with Gasteiger partial charge in [-0.1, -0.05) is 0 Å². The van der Waals surface area contributed by atoms with Crippen LogP contribution in [0.15, 0.2) is 35.4 Å². The van der Waals surface area contributed by atoms with Gasteiger partial charge in [-0.15, -0.1) is 0 Å². The number of hydrogen-bond donors (Lipinski definition) is 0. The summed E-state index contributed by atoms with van der Waals surface area (Å²) in [6, 6.07) is 3.01. The summed E-state index contributed by atoms with van der Waals surface area (Å²) in [6.07, 6.45) is 2.92. The molecule has 94 valence electrons. The zero-order chi connectivity index (χ0) is 13.1. The summed E-state index contributed by atoms with van der Waals surface area (Å²) in [6.45, 7) is 2.26. The molecule has 1 aromatic carbocycles. The molecule has 0 saturated carbocycles. The highest BCUT2D eigenvalue weighted by Crippen LogP contribution is 2.19. The van der Waals surface area contributed by atoms with Crippen LogP contribution in [0.25, 0.3) is 0 Å². The molecular formula is C12H10F2N2O2. The van der Waals surface area contributed by atoms with E-state index in [0.717, 1.165) is 12.1 Å². The number of benzene rings is 1. The van der Waals surface area contributed by atoms with Gasteiger partial charge in [0.05, 0.1) is 0 Å². The lowest BCUT2D eigenvalue weighted by molar-refractivity contribution is 0.434. The number of rotatable bonds is 3. The first-order valence-electron chi connectivity index (χ1n) is 5.30. The van der Waals surface area contributed by atoms with E-state index >= 15 is 0 Å². The number of nitrogens with zero attached hydrogens (tertiary/aromatic N) is 2. The van der Waals surface area contributed by atoms with Crippen LogP contribution in [0.2, 0.25) is 0 Å². The number of aryl methyl sites for hydroxylation is 1. The third kappa shape index (κ3) is 2.37. The Bertz CT molecular complexity index is 626. The fourth-order valence-electron chi connectivity index (χ4n) is 1.40. The first kappa shape index (κ1) is 12.2. The van der Waals surface area contributed by atoms with E-state index in [4.69, 9.17) is 4.74 Å². The smallest absolute Gasteiger partial charge is 0.313 e. The van der Waals surface area contributed by atoms with E-state index in [-0.39, 0.29) is 11.6 Å². The van der Waals surface area contributed by atoms with Gasteiger partial charge >= 0.3 is 5.56 Å². The molecule has 18 heavy (non-hydrogen) atoms. The van der Waals surface area contributed by atoms with Gasteiger partial charge in [0.15, 0.2) is 11.6 Å². The van der Waals surface area contributed by atoms with Gasteiger partial charge in [-0.05, 0) is 19.1 Å². The second-order valence-electron chi connectivity index (χ2n) is 3.50. The molecule has 4 nitrogen and oxygen atoms in total. The molecule has 0 N–H and O–H groups in total. The molecule has 0 spiro atoms. The SMILES string of the molecule is CCn1ccnc(Oc2ccc(F)c(F)c2)c1=O. The Morgan fingerprint density at radius 1 is 1.33 bits per heavy atom. The maximum absolute atomic E-state index is 13.0. The second-order valence-corrected chi connectivity index (χ2v) is 3.50. The van der Waals surface area contributed by atoms with Crippen LogP contribution in [-0.4, -0.2) is 9.55 Å². The van der Waals surface area contributed by atoms with Gasteiger partial charge in [-0.3, -0.25) is 4.79 Å². The van der Waals surface area contributed by atoms with Gasteiger partial charge in [-0.2, -0.15) is 0 Å². The highest BCUT2D eigenvalue weighted by Gasteiger charge is 2.09. The normalized spacial score (nSPS) is 10.4. The fraction of sp³-hybridized carbons (Fsp3) is 0.167. The topological polar surface area (TPSA) is 44.1 Å². The van der Waals surface area contributed by atoms with Crippen LogP contribution in [0.3, 0.4) is 0 Å². The van der Waals surface area contributed by atoms with Crippen molar-refractivity contribution in [2.45, 2.75) is 13.5 Å².